The fraction of sp³-hybridized carbons (Fsp3) is 0.667. The van der Waals surface area contributed by atoms with E-state index in [1.54, 1.807) is 0 Å². The van der Waals surface area contributed by atoms with Crippen molar-refractivity contribution in [3.63, 3.8) is 0 Å². The lowest BCUT2D eigenvalue weighted by molar-refractivity contribution is 0.0320. The van der Waals surface area contributed by atoms with Crippen molar-refractivity contribution < 1.29 is 9.47 Å². The Morgan fingerprint density at radius 3 is 2.86 bits per heavy atom. The third-order valence-electron chi connectivity index (χ3n) is 3.57. The summed E-state index contributed by atoms with van der Waals surface area (Å²) in [7, 11) is 2.05. The van der Waals surface area contributed by atoms with E-state index < -0.39 is 0 Å². The molecule has 0 amide bonds. The summed E-state index contributed by atoms with van der Waals surface area (Å²) in [5.41, 5.74) is 6.91. The van der Waals surface area contributed by atoms with Gasteiger partial charge in [0, 0.05) is 51.0 Å². The third kappa shape index (κ3) is 5.06. The highest BCUT2D eigenvalue weighted by Gasteiger charge is 2.10. The van der Waals surface area contributed by atoms with Crippen LogP contribution in [0.25, 0.3) is 0 Å². The second-order valence-electron chi connectivity index (χ2n) is 5.31. The monoisotopic (exact) mass is 294 g/mol. The smallest absolute Gasteiger partial charge is 0.217 e. The van der Waals surface area contributed by atoms with E-state index >= 15 is 0 Å². The molecule has 2 N–H and O–H groups in total. The predicted octanol–water partition coefficient (Wildman–Crippen LogP) is 1.22. The number of hydrogen-bond acceptors (Lipinski definition) is 6. The summed E-state index contributed by atoms with van der Waals surface area (Å²) >= 11 is 0. The van der Waals surface area contributed by atoms with Crippen LogP contribution in [0.2, 0.25) is 0 Å². The van der Waals surface area contributed by atoms with Crippen LogP contribution in [0.4, 0.5) is 11.5 Å². The summed E-state index contributed by atoms with van der Waals surface area (Å²) in [6.45, 7) is 8.20. The van der Waals surface area contributed by atoms with E-state index in [1.807, 2.05) is 12.1 Å². The first kappa shape index (κ1) is 15.9. The van der Waals surface area contributed by atoms with E-state index in [1.165, 1.54) is 0 Å². The maximum absolute atomic E-state index is 5.86. The molecule has 1 aliphatic rings. The van der Waals surface area contributed by atoms with Gasteiger partial charge >= 0.3 is 0 Å². The normalized spacial score (nSPS) is 15.9. The zero-order chi connectivity index (χ0) is 15.1. The Morgan fingerprint density at radius 1 is 1.38 bits per heavy atom. The van der Waals surface area contributed by atoms with Crippen LogP contribution in [-0.2, 0) is 4.74 Å². The van der Waals surface area contributed by atoms with Crippen LogP contribution >= 0.6 is 0 Å². The Hall–Kier alpha value is -1.53. The maximum Gasteiger partial charge on any atom is 0.217 e. The van der Waals surface area contributed by atoms with Gasteiger partial charge < -0.3 is 20.1 Å². The number of nitrogens with two attached hydrogens (primary N) is 1. The first-order valence-corrected chi connectivity index (χ1v) is 7.60. The highest BCUT2D eigenvalue weighted by Crippen LogP contribution is 2.21. The van der Waals surface area contributed by atoms with Crippen LogP contribution in [0.1, 0.15) is 13.3 Å². The van der Waals surface area contributed by atoms with E-state index in [2.05, 4.69) is 28.8 Å². The molecule has 2 rings (SSSR count). The van der Waals surface area contributed by atoms with Gasteiger partial charge in [-0.05, 0) is 6.42 Å². The number of rotatable bonds is 7. The lowest BCUT2D eigenvalue weighted by atomic mass is 10.3. The van der Waals surface area contributed by atoms with Crippen LogP contribution in [0, 0.1) is 0 Å². The summed E-state index contributed by atoms with van der Waals surface area (Å²) in [4.78, 5) is 8.74. The molecule has 1 fully saturated rings. The van der Waals surface area contributed by atoms with Crippen molar-refractivity contribution >= 4 is 11.5 Å². The van der Waals surface area contributed by atoms with Crippen molar-refractivity contribution in [2.75, 3.05) is 63.7 Å². The molecule has 1 saturated heterocycles. The fourth-order valence-corrected chi connectivity index (χ4v) is 2.37. The number of morpholine rings is 1. The second-order valence-corrected chi connectivity index (χ2v) is 5.31. The average molecular weight is 294 g/mol. The largest absolute Gasteiger partial charge is 0.476 e. The van der Waals surface area contributed by atoms with Gasteiger partial charge in [-0.15, -0.1) is 0 Å². The Morgan fingerprint density at radius 2 is 2.14 bits per heavy atom. The molecular weight excluding hydrogens is 268 g/mol. The number of nitrogens with zero attached hydrogens (tertiary/aromatic N) is 3. The minimum absolute atomic E-state index is 0.497. The van der Waals surface area contributed by atoms with Gasteiger partial charge in [-0.25, -0.2) is 0 Å². The van der Waals surface area contributed by atoms with Gasteiger partial charge in [-0.1, -0.05) is 6.92 Å². The lowest BCUT2D eigenvalue weighted by Gasteiger charge is -2.26. The molecule has 0 radical (unpaired) electrons. The molecule has 21 heavy (non-hydrogen) atoms. The van der Waals surface area contributed by atoms with Gasteiger partial charge in [0.05, 0.1) is 13.2 Å². The minimum atomic E-state index is 0.497. The molecule has 0 bridgehead atoms. The number of hydrogen-bond donors (Lipinski definition) is 1. The third-order valence-corrected chi connectivity index (χ3v) is 3.57. The van der Waals surface area contributed by atoms with Gasteiger partial charge in [0.15, 0.2) is 0 Å². The number of ether oxygens (including phenoxy) is 2. The number of nitrogen functional groups attached to an aromatic ring is 1. The van der Waals surface area contributed by atoms with Crippen molar-refractivity contribution in [2.45, 2.75) is 13.3 Å². The Kier molecular flexibility index (Phi) is 6.07. The molecule has 0 spiro atoms. The van der Waals surface area contributed by atoms with Gasteiger partial charge in [-0.3, -0.25) is 4.90 Å². The summed E-state index contributed by atoms with van der Waals surface area (Å²) in [5, 5.41) is 0. The zero-order valence-corrected chi connectivity index (χ0v) is 13.0. The van der Waals surface area contributed by atoms with E-state index in [0.717, 1.165) is 51.5 Å². The highest BCUT2D eigenvalue weighted by molar-refractivity contribution is 5.54. The molecule has 0 aromatic carbocycles. The van der Waals surface area contributed by atoms with E-state index in [-0.39, 0.29) is 0 Å². The Bertz CT molecular complexity index is 436. The fourth-order valence-electron chi connectivity index (χ4n) is 2.37. The standard InChI is InChI=1S/C15H26N4O2/c1-3-4-18(2)13-11-14(16)17-15(12-13)21-10-7-19-5-8-20-9-6-19/h11-12H,3-10H2,1-2H3,(H2,16,17). The van der Waals surface area contributed by atoms with Gasteiger partial charge in [0.1, 0.15) is 12.4 Å². The molecule has 6 heteroatoms. The molecule has 1 aromatic heterocycles. The van der Waals surface area contributed by atoms with E-state index in [0.29, 0.717) is 18.3 Å². The molecule has 118 valence electrons. The van der Waals surface area contributed by atoms with Crippen molar-refractivity contribution in [2.24, 2.45) is 0 Å². The average Bonchev–Trinajstić information content (AvgIpc) is 2.48. The maximum atomic E-state index is 5.86. The van der Waals surface area contributed by atoms with Crippen LogP contribution < -0.4 is 15.4 Å². The highest BCUT2D eigenvalue weighted by atomic mass is 16.5. The van der Waals surface area contributed by atoms with Crippen LogP contribution in [0.15, 0.2) is 12.1 Å². The van der Waals surface area contributed by atoms with Gasteiger partial charge in [0.25, 0.3) is 0 Å². The SMILES string of the molecule is CCCN(C)c1cc(N)nc(OCCN2CCOCC2)c1. The van der Waals surface area contributed by atoms with Gasteiger partial charge in [-0.2, -0.15) is 4.98 Å². The molecule has 0 aliphatic carbocycles. The van der Waals surface area contributed by atoms with E-state index in [4.69, 9.17) is 15.2 Å². The van der Waals surface area contributed by atoms with Crippen molar-refractivity contribution in [3.05, 3.63) is 12.1 Å². The van der Waals surface area contributed by atoms with Gasteiger partial charge in [0.2, 0.25) is 5.88 Å². The summed E-state index contributed by atoms with van der Waals surface area (Å²) < 4.78 is 11.1. The molecule has 0 unspecified atom stereocenters. The summed E-state index contributed by atoms with van der Waals surface area (Å²) in [6, 6.07) is 3.83. The molecule has 2 heterocycles. The van der Waals surface area contributed by atoms with Crippen LogP contribution in [-0.4, -0.2) is 62.9 Å². The molecule has 0 atom stereocenters. The second kappa shape index (κ2) is 8.05. The molecular formula is C15H26N4O2. The minimum Gasteiger partial charge on any atom is -0.476 e. The molecule has 1 aromatic rings. The lowest BCUT2D eigenvalue weighted by Crippen LogP contribution is -2.38. The van der Waals surface area contributed by atoms with Crippen LogP contribution in [0.3, 0.4) is 0 Å². The predicted molar refractivity (Wildman–Crippen MR) is 85.0 cm³/mol. The first-order valence-electron chi connectivity index (χ1n) is 7.60. The number of aromatic nitrogens is 1. The number of pyridine rings is 1. The van der Waals surface area contributed by atoms with E-state index in [9.17, 15) is 0 Å². The summed E-state index contributed by atoms with van der Waals surface area (Å²) in [6.07, 6.45) is 1.09. The number of anilines is 2. The Balaban J connectivity index is 1.87. The molecule has 0 saturated carbocycles. The van der Waals surface area contributed by atoms with Crippen molar-refractivity contribution in [3.8, 4) is 5.88 Å². The topological polar surface area (TPSA) is 63.8 Å². The quantitative estimate of drug-likeness (QED) is 0.816. The first-order chi connectivity index (χ1) is 10.2. The van der Waals surface area contributed by atoms with Crippen LogP contribution in [0.5, 0.6) is 5.88 Å². The molecule has 6 nitrogen and oxygen atoms in total. The zero-order valence-electron chi connectivity index (χ0n) is 13.0. The van der Waals surface area contributed by atoms with Crippen molar-refractivity contribution in [1.82, 2.24) is 9.88 Å². The van der Waals surface area contributed by atoms with Crippen molar-refractivity contribution in [1.29, 1.82) is 0 Å². The molecule has 1 aliphatic heterocycles. The summed E-state index contributed by atoms with van der Waals surface area (Å²) in [5.74, 6) is 1.10. The Labute approximate surface area is 126 Å².